The zero-order valence-corrected chi connectivity index (χ0v) is 17.8. The van der Waals surface area contributed by atoms with Crippen molar-refractivity contribution in [1.82, 2.24) is 4.57 Å². The first-order valence-electron chi connectivity index (χ1n) is 9.30. The normalized spacial score (nSPS) is 13.8. The molecular weight excluding hydrogens is 368 g/mol. The molecule has 0 amide bonds. The van der Waals surface area contributed by atoms with Crippen LogP contribution in [0.15, 0.2) is 52.3 Å². The minimum Gasteiger partial charge on any atom is -0.479 e. The molecule has 0 saturated carbocycles. The molecule has 1 heterocycles. The molecule has 1 aromatic heterocycles. The average molecular weight is 396 g/mol. The van der Waals surface area contributed by atoms with Gasteiger partial charge < -0.3 is 14.4 Å². The Morgan fingerprint density at radius 2 is 1.86 bits per heavy atom. The summed E-state index contributed by atoms with van der Waals surface area (Å²) >= 11 is 0. The van der Waals surface area contributed by atoms with Gasteiger partial charge in [-0.05, 0) is 39.1 Å². The minimum atomic E-state index is -1.34. The summed E-state index contributed by atoms with van der Waals surface area (Å²) in [7, 11) is 3.20. The first-order chi connectivity index (χ1) is 13.5. The summed E-state index contributed by atoms with van der Waals surface area (Å²) in [6, 6.07) is 7.13. The standard InChI is InChI=1S/C23H28N2O4/c1-14(2)12-15(13-24-6)18-16-10-8-9-11-17(16)21(26)25(7)19(18)20(22(27)28)29-23(3,4)5/h8-13,20H,1H2,2-7H3,(H,27,28). The zero-order chi connectivity index (χ0) is 21.9. The predicted octanol–water partition coefficient (Wildman–Crippen LogP) is 4.14. The Morgan fingerprint density at radius 3 is 2.34 bits per heavy atom. The number of carbonyl (C=O) groups is 1. The van der Waals surface area contributed by atoms with Crippen molar-refractivity contribution in [1.29, 1.82) is 0 Å². The van der Waals surface area contributed by atoms with Gasteiger partial charge in [0.1, 0.15) is 0 Å². The second-order valence-electron chi connectivity index (χ2n) is 7.95. The zero-order valence-electron chi connectivity index (χ0n) is 17.8. The van der Waals surface area contributed by atoms with Crippen LogP contribution in [0.5, 0.6) is 0 Å². The molecule has 0 aliphatic rings. The van der Waals surface area contributed by atoms with Gasteiger partial charge in [-0.2, -0.15) is 0 Å². The number of pyridine rings is 1. The summed E-state index contributed by atoms with van der Waals surface area (Å²) in [5.74, 6) is -1.17. The number of aliphatic carboxylic acids is 1. The highest BCUT2D eigenvalue weighted by Crippen LogP contribution is 2.34. The van der Waals surface area contributed by atoms with Gasteiger partial charge >= 0.3 is 5.97 Å². The molecule has 0 bridgehead atoms. The van der Waals surface area contributed by atoms with Gasteiger partial charge in [0.25, 0.3) is 5.56 Å². The van der Waals surface area contributed by atoms with Crippen LogP contribution in [-0.4, -0.2) is 34.5 Å². The van der Waals surface area contributed by atoms with E-state index in [1.165, 1.54) is 4.57 Å². The summed E-state index contributed by atoms with van der Waals surface area (Å²) in [5, 5.41) is 11.1. The van der Waals surface area contributed by atoms with Crippen molar-refractivity contribution in [2.24, 2.45) is 12.0 Å². The smallest absolute Gasteiger partial charge is 0.339 e. The van der Waals surface area contributed by atoms with Gasteiger partial charge in [0.15, 0.2) is 6.10 Å². The Hall–Kier alpha value is -2.99. The van der Waals surface area contributed by atoms with Crippen molar-refractivity contribution in [2.75, 3.05) is 7.05 Å². The third-order valence-electron chi connectivity index (χ3n) is 4.25. The minimum absolute atomic E-state index is 0.267. The van der Waals surface area contributed by atoms with Crippen LogP contribution in [0.3, 0.4) is 0 Å². The third kappa shape index (κ3) is 4.90. The number of fused-ring (bicyclic) bond motifs is 1. The molecule has 0 fully saturated rings. The van der Waals surface area contributed by atoms with Gasteiger partial charge in [-0.1, -0.05) is 36.4 Å². The Morgan fingerprint density at radius 1 is 1.28 bits per heavy atom. The second-order valence-corrected chi connectivity index (χ2v) is 7.95. The third-order valence-corrected chi connectivity index (χ3v) is 4.25. The maximum absolute atomic E-state index is 13.0. The van der Waals surface area contributed by atoms with E-state index >= 15 is 0 Å². The fraction of sp³-hybridized carbons (Fsp3) is 0.348. The molecule has 29 heavy (non-hydrogen) atoms. The van der Waals surface area contributed by atoms with Gasteiger partial charge in [-0.15, -0.1) is 0 Å². The lowest BCUT2D eigenvalue weighted by atomic mass is 9.93. The van der Waals surface area contributed by atoms with E-state index in [9.17, 15) is 14.7 Å². The lowest BCUT2D eigenvalue weighted by Gasteiger charge is -2.28. The van der Waals surface area contributed by atoms with Crippen LogP contribution < -0.4 is 5.56 Å². The number of carboxylic acids is 1. The largest absolute Gasteiger partial charge is 0.479 e. The lowest BCUT2D eigenvalue weighted by molar-refractivity contribution is -0.161. The molecule has 154 valence electrons. The van der Waals surface area contributed by atoms with Crippen molar-refractivity contribution >= 4 is 28.5 Å². The Labute approximate surface area is 170 Å². The molecule has 0 spiro atoms. The second kappa shape index (κ2) is 8.57. The molecule has 0 saturated heterocycles. The number of nitrogens with zero attached hydrogens (tertiary/aromatic N) is 2. The molecule has 0 radical (unpaired) electrons. The summed E-state index contributed by atoms with van der Waals surface area (Å²) in [6.07, 6.45) is 2.12. The van der Waals surface area contributed by atoms with E-state index in [0.717, 1.165) is 5.57 Å². The van der Waals surface area contributed by atoms with Crippen molar-refractivity contribution < 1.29 is 14.6 Å². The molecule has 1 aromatic carbocycles. The Bertz CT molecular complexity index is 1070. The van der Waals surface area contributed by atoms with E-state index in [1.807, 2.05) is 19.1 Å². The highest BCUT2D eigenvalue weighted by Gasteiger charge is 2.33. The van der Waals surface area contributed by atoms with Gasteiger partial charge in [0, 0.05) is 36.8 Å². The number of hydrogen-bond donors (Lipinski definition) is 1. The summed E-state index contributed by atoms with van der Waals surface area (Å²) < 4.78 is 7.25. The van der Waals surface area contributed by atoms with Crippen LogP contribution in [-0.2, 0) is 16.6 Å². The van der Waals surface area contributed by atoms with Crippen LogP contribution in [0.1, 0.15) is 45.1 Å². The van der Waals surface area contributed by atoms with Gasteiger partial charge in [0.2, 0.25) is 0 Å². The number of benzene rings is 1. The predicted molar refractivity (Wildman–Crippen MR) is 118 cm³/mol. The van der Waals surface area contributed by atoms with Gasteiger partial charge in [-0.3, -0.25) is 9.79 Å². The number of allylic oxidation sites excluding steroid dienone is 3. The molecule has 6 heteroatoms. The maximum Gasteiger partial charge on any atom is 0.339 e. The van der Waals surface area contributed by atoms with Gasteiger partial charge in [-0.25, -0.2) is 4.79 Å². The fourth-order valence-corrected chi connectivity index (χ4v) is 3.25. The monoisotopic (exact) mass is 396 g/mol. The van der Waals surface area contributed by atoms with Crippen molar-refractivity contribution in [3.05, 3.63) is 64.1 Å². The van der Waals surface area contributed by atoms with Crippen molar-refractivity contribution in [3.63, 3.8) is 0 Å². The lowest BCUT2D eigenvalue weighted by Crippen LogP contribution is -2.33. The van der Waals surface area contributed by atoms with Crippen molar-refractivity contribution in [3.8, 4) is 0 Å². The number of carboxylic acid groups (broad SMARTS) is 1. The van der Waals surface area contributed by atoms with E-state index < -0.39 is 17.7 Å². The number of rotatable bonds is 6. The highest BCUT2D eigenvalue weighted by molar-refractivity contribution is 6.16. The molecule has 0 aliphatic carbocycles. The number of aliphatic imine (C=N–C) groups is 1. The molecule has 1 atom stereocenters. The SMILES string of the molecule is C=C(C)C=C(C=NC)c1c(C(OC(C)(C)C)C(=O)O)n(C)c(=O)c2ccccc12. The van der Waals surface area contributed by atoms with E-state index in [2.05, 4.69) is 11.6 Å². The van der Waals surface area contributed by atoms with Crippen LogP contribution in [0.25, 0.3) is 16.3 Å². The van der Waals surface area contributed by atoms with Crippen molar-refractivity contribution in [2.45, 2.75) is 39.4 Å². The Balaban J connectivity index is 3.08. The topological polar surface area (TPSA) is 80.9 Å². The molecule has 1 N–H and O–H groups in total. The van der Waals surface area contributed by atoms with Crippen LogP contribution in [0.4, 0.5) is 0 Å². The number of ether oxygens (including phenoxy) is 1. The van der Waals surface area contributed by atoms with E-state index in [4.69, 9.17) is 4.74 Å². The molecule has 2 rings (SSSR count). The van der Waals surface area contributed by atoms with Gasteiger partial charge in [0.05, 0.1) is 11.3 Å². The number of aromatic nitrogens is 1. The molecular formula is C23H28N2O4. The van der Waals surface area contributed by atoms with E-state index in [0.29, 0.717) is 21.9 Å². The quantitative estimate of drug-likeness (QED) is 0.588. The summed E-state index contributed by atoms with van der Waals surface area (Å²) in [5.41, 5.74) is 1.26. The maximum atomic E-state index is 13.0. The first-order valence-corrected chi connectivity index (χ1v) is 9.30. The Kier molecular flexibility index (Phi) is 6.59. The molecule has 2 aromatic rings. The van der Waals surface area contributed by atoms with Crippen LogP contribution >= 0.6 is 0 Å². The van der Waals surface area contributed by atoms with Crippen LogP contribution in [0, 0.1) is 0 Å². The summed E-state index contributed by atoms with van der Waals surface area (Å²) in [4.78, 5) is 29.4. The van der Waals surface area contributed by atoms with E-state index in [-0.39, 0.29) is 11.3 Å². The molecule has 0 aliphatic heterocycles. The summed E-state index contributed by atoms with van der Waals surface area (Å²) in [6.45, 7) is 11.1. The molecule has 1 unspecified atom stereocenters. The number of hydrogen-bond acceptors (Lipinski definition) is 4. The molecule has 6 nitrogen and oxygen atoms in total. The fourth-order valence-electron chi connectivity index (χ4n) is 3.25. The average Bonchev–Trinajstić information content (AvgIpc) is 2.61. The van der Waals surface area contributed by atoms with Crippen LogP contribution in [0.2, 0.25) is 0 Å². The van der Waals surface area contributed by atoms with E-state index in [1.54, 1.807) is 59.3 Å². The first kappa shape index (κ1) is 22.3. The highest BCUT2D eigenvalue weighted by atomic mass is 16.5.